The first-order valence-electron chi connectivity index (χ1n) is 9.02. The third kappa shape index (κ3) is 3.94. The first-order chi connectivity index (χ1) is 14.5. The first kappa shape index (κ1) is 19.4. The number of rotatable bonds is 4. The van der Waals surface area contributed by atoms with Gasteiger partial charge in [-0.2, -0.15) is 0 Å². The van der Waals surface area contributed by atoms with Gasteiger partial charge in [0.15, 0.2) is 0 Å². The number of ether oxygens (including phenoxy) is 1. The van der Waals surface area contributed by atoms with E-state index in [1.807, 2.05) is 6.07 Å². The molecule has 3 aromatic carbocycles. The summed E-state index contributed by atoms with van der Waals surface area (Å²) in [5, 5.41) is 1.68. The number of anilines is 1. The smallest absolute Gasteiger partial charge is 0.343 e. The second-order valence-corrected chi connectivity index (χ2v) is 6.85. The van der Waals surface area contributed by atoms with Gasteiger partial charge in [-0.3, -0.25) is 15.0 Å². The number of hydrazine groups is 1. The number of esters is 1. The molecule has 0 aromatic heterocycles. The van der Waals surface area contributed by atoms with E-state index in [9.17, 15) is 14.4 Å². The molecule has 0 saturated carbocycles. The summed E-state index contributed by atoms with van der Waals surface area (Å²) < 4.78 is 5.48. The highest BCUT2D eigenvalue weighted by Crippen LogP contribution is 2.26. The molecular formula is C23H15ClN2O4. The molecule has 0 unspecified atom stereocenters. The van der Waals surface area contributed by atoms with E-state index in [0.29, 0.717) is 21.8 Å². The van der Waals surface area contributed by atoms with Crippen LogP contribution < -0.4 is 15.2 Å². The average molecular weight is 419 g/mol. The van der Waals surface area contributed by atoms with Crippen LogP contribution in [0.25, 0.3) is 6.08 Å². The third-order valence-corrected chi connectivity index (χ3v) is 4.66. The molecule has 0 bridgehead atoms. The number of nitrogens with one attached hydrogen (secondary N) is 1. The van der Waals surface area contributed by atoms with Crippen LogP contribution in [-0.4, -0.2) is 17.8 Å². The lowest BCUT2D eigenvalue weighted by Gasteiger charge is -2.13. The van der Waals surface area contributed by atoms with Crippen LogP contribution in [0.3, 0.4) is 0 Å². The van der Waals surface area contributed by atoms with Gasteiger partial charge in [0, 0.05) is 10.6 Å². The summed E-state index contributed by atoms with van der Waals surface area (Å²) >= 11 is 5.85. The third-order valence-electron chi connectivity index (χ3n) is 4.41. The van der Waals surface area contributed by atoms with Crippen molar-refractivity contribution in [3.05, 3.63) is 101 Å². The zero-order valence-electron chi connectivity index (χ0n) is 15.5. The molecule has 30 heavy (non-hydrogen) atoms. The average Bonchev–Trinajstić information content (AvgIpc) is 3.04. The van der Waals surface area contributed by atoms with Crippen molar-refractivity contribution in [2.24, 2.45) is 0 Å². The van der Waals surface area contributed by atoms with Crippen LogP contribution in [0.1, 0.15) is 15.9 Å². The molecule has 1 aliphatic rings. The molecule has 6 nitrogen and oxygen atoms in total. The number of hydrogen-bond acceptors (Lipinski definition) is 4. The maximum Gasteiger partial charge on any atom is 0.343 e. The Morgan fingerprint density at radius 3 is 2.30 bits per heavy atom. The zero-order chi connectivity index (χ0) is 21.1. The molecule has 0 aliphatic carbocycles. The largest absolute Gasteiger partial charge is 0.422 e. The second kappa shape index (κ2) is 8.23. The summed E-state index contributed by atoms with van der Waals surface area (Å²) in [5.74, 6) is -1.39. The van der Waals surface area contributed by atoms with Crippen molar-refractivity contribution in [2.75, 3.05) is 5.01 Å². The Hall–Kier alpha value is -3.90. The predicted molar refractivity (Wildman–Crippen MR) is 113 cm³/mol. The summed E-state index contributed by atoms with van der Waals surface area (Å²) in [6.07, 6.45) is 1.41. The lowest BCUT2D eigenvalue weighted by molar-refractivity contribution is -0.117. The van der Waals surface area contributed by atoms with Gasteiger partial charge in [0.1, 0.15) is 11.3 Å². The molecule has 3 aromatic rings. The normalized spacial score (nSPS) is 14.7. The topological polar surface area (TPSA) is 75.7 Å². The number of hydrogen-bond donors (Lipinski definition) is 1. The maximum absolute atomic E-state index is 12.8. The fourth-order valence-electron chi connectivity index (χ4n) is 2.91. The van der Waals surface area contributed by atoms with Gasteiger partial charge < -0.3 is 4.74 Å². The Balaban J connectivity index is 1.61. The molecular weight excluding hydrogens is 404 g/mol. The Morgan fingerprint density at radius 2 is 1.57 bits per heavy atom. The standard InChI is InChI=1S/C23H15ClN2O4/c24-17-12-10-15(11-13-17)23(29)30-20-9-5-4-6-16(20)14-19-21(27)25-26(22(19)28)18-7-2-1-3-8-18/h1-14H,(H,25,27)/b19-14+. The zero-order valence-corrected chi connectivity index (χ0v) is 16.3. The SMILES string of the molecule is O=C1NN(c2ccccc2)C(=O)/C1=C/c1ccccc1OC(=O)c1ccc(Cl)cc1. The Bertz CT molecular complexity index is 1160. The second-order valence-electron chi connectivity index (χ2n) is 6.41. The number of amides is 2. The molecule has 7 heteroatoms. The molecule has 1 heterocycles. The molecule has 1 fully saturated rings. The number of carbonyl (C=O) groups excluding carboxylic acids is 3. The minimum atomic E-state index is -0.578. The van der Waals surface area contributed by atoms with Crippen LogP contribution in [0.4, 0.5) is 5.69 Å². The molecule has 0 atom stereocenters. The van der Waals surface area contributed by atoms with Gasteiger partial charge in [-0.25, -0.2) is 9.80 Å². The van der Waals surface area contributed by atoms with Crippen LogP contribution in [0.2, 0.25) is 5.02 Å². The summed E-state index contributed by atoms with van der Waals surface area (Å²) in [7, 11) is 0. The molecule has 4 rings (SSSR count). The van der Waals surface area contributed by atoms with Gasteiger partial charge in [0.2, 0.25) is 0 Å². The highest BCUT2D eigenvalue weighted by atomic mass is 35.5. The maximum atomic E-state index is 12.8. The lowest BCUT2D eigenvalue weighted by atomic mass is 10.1. The molecule has 0 spiro atoms. The Morgan fingerprint density at radius 1 is 0.900 bits per heavy atom. The van der Waals surface area contributed by atoms with Crippen LogP contribution in [0.15, 0.2) is 84.4 Å². The Kier molecular flexibility index (Phi) is 5.32. The van der Waals surface area contributed by atoms with Crippen molar-refractivity contribution in [1.29, 1.82) is 0 Å². The number of nitrogens with zero attached hydrogens (tertiary/aromatic N) is 1. The van der Waals surface area contributed by atoms with Gasteiger partial charge in [-0.15, -0.1) is 0 Å². The van der Waals surface area contributed by atoms with Gasteiger partial charge in [-0.05, 0) is 48.5 Å². The molecule has 1 N–H and O–H groups in total. The van der Waals surface area contributed by atoms with Crippen molar-refractivity contribution in [1.82, 2.24) is 5.43 Å². The predicted octanol–water partition coefficient (Wildman–Crippen LogP) is 4.02. The van der Waals surface area contributed by atoms with E-state index in [1.54, 1.807) is 72.8 Å². The Labute approximate surface area is 177 Å². The van der Waals surface area contributed by atoms with E-state index in [2.05, 4.69) is 5.43 Å². The molecule has 2 amide bonds. The highest BCUT2D eigenvalue weighted by Gasteiger charge is 2.34. The van der Waals surface area contributed by atoms with Gasteiger partial charge in [0.25, 0.3) is 11.8 Å². The van der Waals surface area contributed by atoms with Crippen LogP contribution in [-0.2, 0) is 9.59 Å². The number of halogens is 1. The van der Waals surface area contributed by atoms with Gasteiger partial charge in [0.05, 0.1) is 11.3 Å². The molecule has 1 saturated heterocycles. The minimum Gasteiger partial charge on any atom is -0.422 e. The van der Waals surface area contributed by atoms with Crippen LogP contribution in [0, 0.1) is 0 Å². The van der Waals surface area contributed by atoms with E-state index < -0.39 is 17.8 Å². The summed E-state index contributed by atoms with van der Waals surface area (Å²) in [4.78, 5) is 37.6. The molecule has 148 valence electrons. The van der Waals surface area contributed by atoms with E-state index >= 15 is 0 Å². The van der Waals surface area contributed by atoms with Crippen LogP contribution >= 0.6 is 11.6 Å². The fraction of sp³-hybridized carbons (Fsp3) is 0. The number of benzene rings is 3. The lowest BCUT2D eigenvalue weighted by Crippen LogP contribution is -2.35. The summed E-state index contributed by atoms with van der Waals surface area (Å²) in [6, 6.07) is 21.7. The quantitative estimate of drug-likeness (QED) is 0.300. The molecule has 0 radical (unpaired) electrons. The van der Waals surface area contributed by atoms with Gasteiger partial charge in [-0.1, -0.05) is 48.0 Å². The van der Waals surface area contributed by atoms with Crippen LogP contribution in [0.5, 0.6) is 5.75 Å². The van der Waals surface area contributed by atoms with Crippen molar-refractivity contribution >= 4 is 41.1 Å². The van der Waals surface area contributed by atoms with E-state index in [0.717, 1.165) is 0 Å². The van der Waals surface area contributed by atoms with Gasteiger partial charge >= 0.3 is 5.97 Å². The van der Waals surface area contributed by atoms with E-state index in [4.69, 9.17) is 16.3 Å². The number of carbonyl (C=O) groups is 3. The fourth-order valence-corrected chi connectivity index (χ4v) is 3.04. The van der Waals surface area contributed by atoms with E-state index in [-0.39, 0.29) is 11.3 Å². The minimum absolute atomic E-state index is 0.0613. The van der Waals surface area contributed by atoms with Crippen molar-refractivity contribution in [2.45, 2.75) is 0 Å². The summed E-state index contributed by atoms with van der Waals surface area (Å²) in [5.41, 5.74) is 3.77. The number of para-hydroxylation sites is 2. The molecule has 1 aliphatic heterocycles. The monoisotopic (exact) mass is 418 g/mol. The van der Waals surface area contributed by atoms with Crippen molar-refractivity contribution < 1.29 is 19.1 Å². The van der Waals surface area contributed by atoms with E-state index in [1.165, 1.54) is 11.1 Å². The van der Waals surface area contributed by atoms with Crippen molar-refractivity contribution in [3.63, 3.8) is 0 Å². The summed E-state index contributed by atoms with van der Waals surface area (Å²) in [6.45, 7) is 0. The first-order valence-corrected chi connectivity index (χ1v) is 9.40. The van der Waals surface area contributed by atoms with Crippen molar-refractivity contribution in [3.8, 4) is 5.75 Å². The highest BCUT2D eigenvalue weighted by molar-refractivity contribution is 6.31.